The van der Waals surface area contributed by atoms with Crippen LogP contribution < -0.4 is 10.1 Å². The first kappa shape index (κ1) is 18.7. The second-order valence-corrected chi connectivity index (χ2v) is 6.39. The van der Waals surface area contributed by atoms with Gasteiger partial charge in [-0.1, -0.05) is 60.1 Å². The SMILES string of the molecule is CC(=O)c1cccc(NC(=O)COc2ccc(-c3ccccc3)cc2Cl)c1. The smallest absolute Gasteiger partial charge is 0.262 e. The number of ketones is 1. The highest BCUT2D eigenvalue weighted by Crippen LogP contribution is 2.30. The molecule has 0 aromatic heterocycles. The molecule has 3 aromatic carbocycles. The van der Waals surface area contributed by atoms with Crippen LogP contribution in [0.25, 0.3) is 11.1 Å². The predicted octanol–water partition coefficient (Wildman–Crippen LogP) is 5.23. The van der Waals surface area contributed by atoms with Crippen LogP contribution in [0, 0.1) is 0 Å². The Balaban J connectivity index is 1.62. The van der Waals surface area contributed by atoms with Gasteiger partial charge in [-0.25, -0.2) is 0 Å². The Hall–Kier alpha value is -3.11. The molecule has 3 aromatic rings. The number of rotatable bonds is 6. The van der Waals surface area contributed by atoms with E-state index in [4.69, 9.17) is 16.3 Å². The molecule has 3 rings (SSSR count). The number of carbonyl (C=O) groups is 2. The third-order valence-electron chi connectivity index (χ3n) is 3.95. The zero-order valence-corrected chi connectivity index (χ0v) is 15.5. The van der Waals surface area contributed by atoms with Gasteiger partial charge in [-0.3, -0.25) is 9.59 Å². The topological polar surface area (TPSA) is 55.4 Å². The normalized spacial score (nSPS) is 10.3. The summed E-state index contributed by atoms with van der Waals surface area (Å²) in [5.74, 6) is 0.0375. The van der Waals surface area contributed by atoms with Gasteiger partial charge in [0.1, 0.15) is 5.75 Å². The zero-order valence-electron chi connectivity index (χ0n) is 14.7. The number of carbonyl (C=O) groups excluding carboxylic acids is 2. The summed E-state index contributed by atoms with van der Waals surface area (Å²) in [6.07, 6.45) is 0. The lowest BCUT2D eigenvalue weighted by atomic mass is 10.1. The molecule has 5 heteroatoms. The van der Waals surface area contributed by atoms with Gasteiger partial charge in [0, 0.05) is 11.3 Å². The lowest BCUT2D eigenvalue weighted by Gasteiger charge is -2.10. The Bertz CT molecular complexity index is 970. The molecule has 27 heavy (non-hydrogen) atoms. The summed E-state index contributed by atoms with van der Waals surface area (Å²) in [5.41, 5.74) is 3.10. The Morgan fingerprint density at radius 1 is 0.926 bits per heavy atom. The van der Waals surface area contributed by atoms with E-state index >= 15 is 0 Å². The molecular weight excluding hydrogens is 362 g/mol. The van der Waals surface area contributed by atoms with Crippen LogP contribution in [-0.4, -0.2) is 18.3 Å². The van der Waals surface area contributed by atoms with E-state index < -0.39 is 0 Å². The summed E-state index contributed by atoms with van der Waals surface area (Å²) in [5, 5.41) is 3.14. The van der Waals surface area contributed by atoms with Gasteiger partial charge in [0.25, 0.3) is 5.91 Å². The minimum absolute atomic E-state index is 0.0624. The second-order valence-electron chi connectivity index (χ2n) is 5.99. The monoisotopic (exact) mass is 379 g/mol. The van der Waals surface area contributed by atoms with Crippen molar-refractivity contribution in [3.8, 4) is 16.9 Å². The maximum Gasteiger partial charge on any atom is 0.262 e. The molecular formula is C22H18ClNO3. The van der Waals surface area contributed by atoms with Crippen molar-refractivity contribution in [1.29, 1.82) is 0 Å². The summed E-state index contributed by atoms with van der Waals surface area (Å²) in [6.45, 7) is 1.29. The minimum Gasteiger partial charge on any atom is -0.482 e. The molecule has 0 heterocycles. The lowest BCUT2D eigenvalue weighted by molar-refractivity contribution is -0.118. The van der Waals surface area contributed by atoms with Gasteiger partial charge in [-0.15, -0.1) is 0 Å². The van der Waals surface area contributed by atoms with Crippen molar-refractivity contribution >= 4 is 29.0 Å². The second kappa shape index (κ2) is 8.52. The molecule has 0 aliphatic rings. The highest BCUT2D eigenvalue weighted by Gasteiger charge is 2.09. The van der Waals surface area contributed by atoms with E-state index in [9.17, 15) is 9.59 Å². The van der Waals surface area contributed by atoms with Crippen LogP contribution in [0.3, 0.4) is 0 Å². The van der Waals surface area contributed by atoms with E-state index in [0.29, 0.717) is 22.0 Å². The maximum absolute atomic E-state index is 12.1. The maximum atomic E-state index is 12.1. The summed E-state index contributed by atoms with van der Waals surface area (Å²) in [7, 11) is 0. The van der Waals surface area contributed by atoms with Crippen LogP contribution in [0.15, 0.2) is 72.8 Å². The quantitative estimate of drug-likeness (QED) is 0.597. The Labute approximate surface area is 162 Å². The first-order chi connectivity index (χ1) is 13.0. The van der Waals surface area contributed by atoms with Crippen molar-refractivity contribution in [3.63, 3.8) is 0 Å². The van der Waals surface area contributed by atoms with Gasteiger partial charge >= 0.3 is 0 Å². The molecule has 0 saturated carbocycles. The molecule has 0 radical (unpaired) electrons. The van der Waals surface area contributed by atoms with Crippen LogP contribution in [0.4, 0.5) is 5.69 Å². The van der Waals surface area contributed by atoms with Crippen molar-refractivity contribution in [3.05, 3.63) is 83.4 Å². The fourth-order valence-corrected chi connectivity index (χ4v) is 2.82. The molecule has 0 spiro atoms. The molecule has 0 unspecified atom stereocenters. The van der Waals surface area contributed by atoms with E-state index in [1.54, 1.807) is 36.4 Å². The van der Waals surface area contributed by atoms with Gasteiger partial charge in [-0.05, 0) is 42.3 Å². The van der Waals surface area contributed by atoms with Gasteiger partial charge in [0.2, 0.25) is 0 Å². The first-order valence-electron chi connectivity index (χ1n) is 8.41. The van der Waals surface area contributed by atoms with Gasteiger partial charge < -0.3 is 10.1 Å². The molecule has 0 aliphatic carbocycles. The third kappa shape index (κ3) is 4.96. The molecule has 136 valence electrons. The van der Waals surface area contributed by atoms with Crippen molar-refractivity contribution < 1.29 is 14.3 Å². The number of benzene rings is 3. The molecule has 0 bridgehead atoms. The highest BCUT2D eigenvalue weighted by atomic mass is 35.5. The van der Waals surface area contributed by atoms with Crippen LogP contribution in [0.1, 0.15) is 17.3 Å². The number of hydrogen-bond acceptors (Lipinski definition) is 3. The predicted molar refractivity (Wildman–Crippen MR) is 107 cm³/mol. The van der Waals surface area contributed by atoms with Gasteiger partial charge in [0.15, 0.2) is 12.4 Å². The first-order valence-corrected chi connectivity index (χ1v) is 8.79. The number of ether oxygens (including phenoxy) is 1. The number of Topliss-reactive ketones (excluding diaryl/α,β-unsaturated/α-hetero) is 1. The zero-order chi connectivity index (χ0) is 19.2. The molecule has 1 amide bonds. The number of hydrogen-bond donors (Lipinski definition) is 1. The van der Waals surface area contributed by atoms with Crippen molar-refractivity contribution in [2.75, 3.05) is 11.9 Å². The van der Waals surface area contributed by atoms with E-state index in [0.717, 1.165) is 11.1 Å². The van der Waals surface area contributed by atoms with Crippen LogP contribution >= 0.6 is 11.6 Å². The average Bonchev–Trinajstić information content (AvgIpc) is 2.68. The molecule has 0 aliphatic heterocycles. The van der Waals surface area contributed by atoms with Gasteiger partial charge in [-0.2, -0.15) is 0 Å². The molecule has 4 nitrogen and oxygen atoms in total. The fraction of sp³-hybridized carbons (Fsp3) is 0.0909. The van der Waals surface area contributed by atoms with Crippen LogP contribution in [-0.2, 0) is 4.79 Å². The molecule has 0 saturated heterocycles. The summed E-state index contributed by atoms with van der Waals surface area (Å²) < 4.78 is 5.53. The highest BCUT2D eigenvalue weighted by molar-refractivity contribution is 6.32. The molecule has 0 fully saturated rings. The fourth-order valence-electron chi connectivity index (χ4n) is 2.58. The van der Waals surface area contributed by atoms with Crippen molar-refractivity contribution in [2.24, 2.45) is 0 Å². The largest absolute Gasteiger partial charge is 0.482 e. The number of nitrogens with one attached hydrogen (secondary N) is 1. The van der Waals surface area contributed by atoms with E-state index in [-0.39, 0.29) is 18.3 Å². The van der Waals surface area contributed by atoms with Crippen molar-refractivity contribution in [2.45, 2.75) is 6.92 Å². The van der Waals surface area contributed by atoms with Crippen molar-refractivity contribution in [1.82, 2.24) is 0 Å². The lowest BCUT2D eigenvalue weighted by Crippen LogP contribution is -2.20. The molecule has 1 N–H and O–H groups in total. The van der Waals surface area contributed by atoms with E-state index in [2.05, 4.69) is 5.32 Å². The van der Waals surface area contributed by atoms with Crippen LogP contribution in [0.5, 0.6) is 5.75 Å². The Morgan fingerprint density at radius 2 is 1.70 bits per heavy atom. The Kier molecular flexibility index (Phi) is 5.89. The van der Waals surface area contributed by atoms with E-state index in [1.807, 2.05) is 36.4 Å². The van der Waals surface area contributed by atoms with Gasteiger partial charge in [0.05, 0.1) is 5.02 Å². The van der Waals surface area contributed by atoms with Crippen LogP contribution in [0.2, 0.25) is 5.02 Å². The third-order valence-corrected chi connectivity index (χ3v) is 4.25. The summed E-state index contributed by atoms with van der Waals surface area (Å²) in [6, 6.07) is 22.1. The molecule has 0 atom stereocenters. The number of anilines is 1. The summed E-state index contributed by atoms with van der Waals surface area (Å²) >= 11 is 6.28. The summed E-state index contributed by atoms with van der Waals surface area (Å²) in [4.78, 5) is 23.5. The number of amides is 1. The number of halogens is 1. The Morgan fingerprint density at radius 3 is 2.41 bits per heavy atom. The standard InChI is InChI=1S/C22H18ClNO3/c1-15(25)17-8-5-9-19(12-17)24-22(26)14-27-21-11-10-18(13-20(21)23)16-6-3-2-4-7-16/h2-13H,14H2,1H3,(H,24,26). The minimum atomic E-state index is -0.334. The average molecular weight is 380 g/mol. The van der Waals surface area contributed by atoms with E-state index in [1.165, 1.54) is 6.92 Å².